The minimum atomic E-state index is -0.715. The minimum Gasteiger partial charge on any atom is -0.507 e. The molecule has 0 saturated carbocycles. The van der Waals surface area contributed by atoms with Crippen LogP contribution in [0, 0.1) is 5.92 Å². The van der Waals surface area contributed by atoms with E-state index < -0.39 is 71.6 Å². The molecule has 2 saturated heterocycles. The van der Waals surface area contributed by atoms with E-state index in [1.54, 1.807) is 12.1 Å². The Labute approximate surface area is 248 Å². The van der Waals surface area contributed by atoms with Crippen molar-refractivity contribution in [1.82, 2.24) is 0 Å². The first-order valence-corrected chi connectivity index (χ1v) is 14.8. The average Bonchev–Trinajstić information content (AvgIpc) is 3.02. The van der Waals surface area contributed by atoms with Gasteiger partial charge in [0.15, 0.2) is 17.9 Å². The molecular weight excluding hydrogens is 558 g/mol. The monoisotopic (exact) mass is 595 g/mol. The molecule has 2 aliphatic carbocycles. The predicted molar refractivity (Wildman–Crippen MR) is 152 cm³/mol. The summed E-state index contributed by atoms with van der Waals surface area (Å²) >= 11 is 0. The zero-order valence-electron chi connectivity index (χ0n) is 24.2. The smallest absolute Gasteiger partial charge is 0.202 e. The van der Waals surface area contributed by atoms with Gasteiger partial charge < -0.3 is 40.0 Å². The SMILES string of the molecule is COc1cccc2c1C(=O)c1c(O)c3c(c(O)c1C2=O)CC(C(=O)CO)C[C@@H]3C1CC(N)C(O[C@@H]2CCCCO2)C(C)O1. The van der Waals surface area contributed by atoms with Crippen molar-refractivity contribution >= 4 is 17.3 Å². The van der Waals surface area contributed by atoms with Gasteiger partial charge in [-0.2, -0.15) is 0 Å². The number of phenolic OH excluding ortho intramolecular Hbond substituents is 2. The lowest BCUT2D eigenvalue weighted by atomic mass is 9.68. The highest BCUT2D eigenvalue weighted by Gasteiger charge is 2.48. The molecule has 2 aromatic rings. The normalized spacial score (nSPS) is 30.3. The van der Waals surface area contributed by atoms with E-state index in [0.717, 1.165) is 19.3 Å². The van der Waals surface area contributed by atoms with Crippen LogP contribution in [-0.2, 0) is 25.4 Å². The summed E-state index contributed by atoms with van der Waals surface area (Å²) in [6, 6.07) is 4.11. The van der Waals surface area contributed by atoms with Crippen LogP contribution < -0.4 is 10.5 Å². The molecule has 0 bridgehead atoms. The van der Waals surface area contributed by atoms with E-state index in [4.69, 9.17) is 24.7 Å². The van der Waals surface area contributed by atoms with Gasteiger partial charge in [-0.05, 0) is 51.5 Å². The summed E-state index contributed by atoms with van der Waals surface area (Å²) in [6.45, 7) is 1.76. The minimum absolute atomic E-state index is 0.00678. The molecule has 0 aromatic heterocycles. The standard InChI is InChI=1S/C32H37NO10/c1-14-32(43-23-8-3-4-9-41-23)19(33)12-22(42-14)17-10-15(20(35)13-34)11-18-24(17)30(38)27-26(29(18)37)28(36)16-6-5-7-21(40-2)25(16)31(27)39/h5-7,14-15,17,19,22-23,32,34,37-38H,3-4,8-13,33H2,1-2H3/t14?,15?,17-,19?,22?,23-,32?/m1/s1. The van der Waals surface area contributed by atoms with Crippen LogP contribution in [-0.4, -0.2) is 83.6 Å². The first kappa shape index (κ1) is 29.7. The van der Waals surface area contributed by atoms with Crippen LogP contribution in [0.4, 0.5) is 0 Å². The quantitative estimate of drug-likeness (QED) is 0.308. The number of carbonyl (C=O) groups is 3. The second-order valence-electron chi connectivity index (χ2n) is 11.9. The van der Waals surface area contributed by atoms with Gasteiger partial charge in [0.25, 0.3) is 0 Å². The van der Waals surface area contributed by atoms with Crippen molar-refractivity contribution in [3.8, 4) is 17.2 Å². The fraction of sp³-hybridized carbons (Fsp3) is 0.531. The third-order valence-corrected chi connectivity index (χ3v) is 9.41. The van der Waals surface area contributed by atoms with Crippen LogP contribution in [0.25, 0.3) is 0 Å². The van der Waals surface area contributed by atoms with Crippen molar-refractivity contribution in [1.29, 1.82) is 0 Å². The highest BCUT2D eigenvalue weighted by molar-refractivity contribution is 6.31. The molecule has 2 aliphatic heterocycles. The van der Waals surface area contributed by atoms with Crippen molar-refractivity contribution in [2.75, 3.05) is 20.3 Å². The molecule has 0 radical (unpaired) electrons. The third-order valence-electron chi connectivity index (χ3n) is 9.41. The Morgan fingerprint density at radius 1 is 1.07 bits per heavy atom. The van der Waals surface area contributed by atoms with Gasteiger partial charge in [0.1, 0.15) is 30.0 Å². The van der Waals surface area contributed by atoms with E-state index in [1.807, 2.05) is 6.92 Å². The fourth-order valence-electron chi connectivity index (χ4n) is 7.32. The van der Waals surface area contributed by atoms with Crippen LogP contribution in [0.2, 0.25) is 0 Å². The molecule has 2 heterocycles. The summed E-state index contributed by atoms with van der Waals surface area (Å²) in [4.78, 5) is 40.3. The number of Topliss-reactive ketones (excluding diaryl/α,β-unsaturated/α-hetero) is 1. The van der Waals surface area contributed by atoms with Gasteiger partial charge in [-0.3, -0.25) is 14.4 Å². The summed E-state index contributed by atoms with van der Waals surface area (Å²) in [6.07, 6.45) is 1.28. The van der Waals surface area contributed by atoms with Crippen LogP contribution in [0.1, 0.15) is 87.9 Å². The Bertz CT molecular complexity index is 1450. The number of ether oxygens (including phenoxy) is 4. The maximum Gasteiger partial charge on any atom is 0.202 e. The predicted octanol–water partition coefficient (Wildman–Crippen LogP) is 2.51. The average molecular weight is 596 g/mol. The van der Waals surface area contributed by atoms with Crippen LogP contribution in [0.3, 0.4) is 0 Å². The number of hydrogen-bond acceptors (Lipinski definition) is 11. The Morgan fingerprint density at radius 3 is 2.51 bits per heavy atom. The Balaban J connectivity index is 1.42. The van der Waals surface area contributed by atoms with E-state index in [9.17, 15) is 29.7 Å². The molecule has 230 valence electrons. The molecule has 5 N–H and O–H groups in total. The first-order chi connectivity index (χ1) is 20.7. The number of carbonyl (C=O) groups excluding carboxylic acids is 3. The van der Waals surface area contributed by atoms with Crippen LogP contribution >= 0.6 is 0 Å². The molecular formula is C32H37NO10. The first-order valence-electron chi connectivity index (χ1n) is 14.8. The fourth-order valence-corrected chi connectivity index (χ4v) is 7.32. The highest BCUT2D eigenvalue weighted by atomic mass is 16.7. The number of ketones is 3. The summed E-state index contributed by atoms with van der Waals surface area (Å²) in [5, 5.41) is 33.1. The topological polar surface area (TPSA) is 175 Å². The Kier molecular flexibility index (Phi) is 8.03. The molecule has 0 spiro atoms. The summed E-state index contributed by atoms with van der Waals surface area (Å²) in [5.74, 6) is -3.84. The maximum atomic E-state index is 13.9. The molecule has 2 aromatic carbocycles. The highest BCUT2D eigenvalue weighted by Crippen LogP contribution is 2.53. The van der Waals surface area contributed by atoms with Crippen molar-refractivity contribution < 1.29 is 48.7 Å². The second-order valence-corrected chi connectivity index (χ2v) is 11.9. The van der Waals surface area contributed by atoms with E-state index in [0.29, 0.717) is 13.0 Å². The number of rotatable bonds is 6. The van der Waals surface area contributed by atoms with Gasteiger partial charge in [0.05, 0.1) is 36.0 Å². The van der Waals surface area contributed by atoms with Crippen molar-refractivity contribution in [3.05, 3.63) is 51.6 Å². The van der Waals surface area contributed by atoms with Gasteiger partial charge in [0, 0.05) is 41.2 Å². The third kappa shape index (κ3) is 4.93. The number of hydrogen-bond donors (Lipinski definition) is 4. The van der Waals surface area contributed by atoms with Crippen molar-refractivity contribution in [2.24, 2.45) is 11.7 Å². The maximum absolute atomic E-state index is 13.9. The number of methoxy groups -OCH3 is 1. The van der Waals surface area contributed by atoms with Crippen LogP contribution in [0.15, 0.2) is 18.2 Å². The molecule has 7 atom stereocenters. The number of aromatic hydroxyl groups is 2. The molecule has 2 fully saturated rings. The lowest BCUT2D eigenvalue weighted by Gasteiger charge is -2.45. The number of benzene rings is 2. The number of fused-ring (bicyclic) bond motifs is 3. The van der Waals surface area contributed by atoms with Crippen molar-refractivity contribution in [2.45, 2.75) is 82.0 Å². The Hall–Kier alpha value is -3.35. The second kappa shape index (κ2) is 11.6. The van der Waals surface area contributed by atoms with Gasteiger partial charge in [-0.15, -0.1) is 0 Å². The Morgan fingerprint density at radius 2 is 1.84 bits per heavy atom. The molecule has 11 heteroatoms. The summed E-state index contributed by atoms with van der Waals surface area (Å²) < 4.78 is 23.7. The van der Waals surface area contributed by atoms with E-state index in [1.165, 1.54) is 13.2 Å². The lowest BCUT2D eigenvalue weighted by molar-refractivity contribution is -0.236. The number of aliphatic hydroxyl groups is 1. The number of phenols is 2. The molecule has 5 unspecified atom stereocenters. The van der Waals surface area contributed by atoms with Gasteiger partial charge in [0.2, 0.25) is 5.78 Å². The zero-order chi connectivity index (χ0) is 30.6. The summed E-state index contributed by atoms with van der Waals surface area (Å²) in [7, 11) is 1.38. The molecule has 4 aliphatic rings. The zero-order valence-corrected chi connectivity index (χ0v) is 24.2. The van der Waals surface area contributed by atoms with E-state index in [2.05, 4.69) is 0 Å². The molecule has 11 nitrogen and oxygen atoms in total. The van der Waals surface area contributed by atoms with Crippen LogP contribution in [0.5, 0.6) is 17.2 Å². The van der Waals surface area contributed by atoms with E-state index in [-0.39, 0.29) is 58.3 Å². The number of nitrogens with two attached hydrogens (primary N) is 1. The molecule has 0 amide bonds. The largest absolute Gasteiger partial charge is 0.507 e. The molecule has 43 heavy (non-hydrogen) atoms. The van der Waals surface area contributed by atoms with Gasteiger partial charge in [-0.25, -0.2) is 0 Å². The van der Waals surface area contributed by atoms with Crippen molar-refractivity contribution in [3.63, 3.8) is 0 Å². The molecule has 6 rings (SSSR count). The van der Waals surface area contributed by atoms with E-state index >= 15 is 0 Å². The summed E-state index contributed by atoms with van der Waals surface area (Å²) in [5.41, 5.74) is 6.50. The van der Waals surface area contributed by atoms with Gasteiger partial charge >= 0.3 is 0 Å². The van der Waals surface area contributed by atoms with Gasteiger partial charge in [-0.1, -0.05) is 12.1 Å². The number of aliphatic hydroxyl groups excluding tert-OH is 1. The lowest BCUT2D eigenvalue weighted by Crippen LogP contribution is -2.55.